The average molecular weight is 339 g/mol. The molecule has 2 aromatic heterocycles. The summed E-state index contributed by atoms with van der Waals surface area (Å²) >= 11 is 1.55. The number of benzene rings is 1. The van der Waals surface area contributed by atoms with E-state index in [9.17, 15) is 4.79 Å². The van der Waals surface area contributed by atoms with E-state index in [1.807, 2.05) is 44.2 Å². The zero-order valence-corrected chi connectivity index (χ0v) is 14.4. The molecule has 0 aliphatic carbocycles. The van der Waals surface area contributed by atoms with Gasteiger partial charge < -0.3 is 10.6 Å². The van der Waals surface area contributed by atoms with E-state index in [-0.39, 0.29) is 5.91 Å². The Morgan fingerprint density at radius 2 is 1.79 bits per heavy atom. The molecule has 0 aliphatic rings. The highest BCUT2D eigenvalue weighted by Crippen LogP contribution is 2.23. The van der Waals surface area contributed by atoms with Crippen LogP contribution in [0, 0.1) is 20.8 Å². The molecule has 0 spiro atoms. The van der Waals surface area contributed by atoms with Gasteiger partial charge in [-0.1, -0.05) is 18.2 Å². The van der Waals surface area contributed by atoms with Crippen LogP contribution in [0.4, 0.5) is 16.8 Å². The van der Waals surface area contributed by atoms with Gasteiger partial charge in [-0.3, -0.25) is 4.79 Å². The summed E-state index contributed by atoms with van der Waals surface area (Å²) in [4.78, 5) is 26.4. The fraction of sp³-hybridized carbons (Fsp3) is 0.176. The van der Waals surface area contributed by atoms with Crippen molar-refractivity contribution >= 4 is 34.0 Å². The maximum Gasteiger partial charge on any atom is 0.259 e. The Morgan fingerprint density at radius 1 is 1.04 bits per heavy atom. The topological polar surface area (TPSA) is 79.8 Å². The first-order valence-electron chi connectivity index (χ1n) is 7.44. The van der Waals surface area contributed by atoms with Gasteiger partial charge in [0.05, 0.1) is 17.0 Å². The van der Waals surface area contributed by atoms with Gasteiger partial charge in [-0.05, 0) is 32.9 Å². The standard InChI is InChI=1S/C17H17N5OS/c1-10-12(3)24-17(20-10)22-16-18-9-14(11(2)19-16)15(23)21-13-7-5-4-6-8-13/h4-9H,1-3H3,(H,21,23)(H,18,19,20,22). The second-order valence-electron chi connectivity index (χ2n) is 5.30. The maximum absolute atomic E-state index is 12.3. The molecule has 122 valence electrons. The Kier molecular flexibility index (Phi) is 4.52. The lowest BCUT2D eigenvalue weighted by Gasteiger charge is -2.08. The smallest absolute Gasteiger partial charge is 0.259 e. The van der Waals surface area contributed by atoms with Crippen molar-refractivity contribution in [2.24, 2.45) is 0 Å². The minimum atomic E-state index is -0.230. The Labute approximate surface area is 144 Å². The maximum atomic E-state index is 12.3. The third-order valence-electron chi connectivity index (χ3n) is 3.50. The molecule has 3 rings (SSSR count). The first-order chi connectivity index (χ1) is 11.5. The number of rotatable bonds is 4. The zero-order chi connectivity index (χ0) is 17.1. The molecule has 2 heterocycles. The number of hydrogen-bond acceptors (Lipinski definition) is 6. The molecule has 0 bridgehead atoms. The zero-order valence-electron chi connectivity index (χ0n) is 13.6. The van der Waals surface area contributed by atoms with Crippen LogP contribution in [0.1, 0.15) is 26.6 Å². The van der Waals surface area contributed by atoms with Crippen LogP contribution in [-0.2, 0) is 0 Å². The van der Waals surface area contributed by atoms with Crippen LogP contribution in [0.5, 0.6) is 0 Å². The molecule has 7 heteroatoms. The van der Waals surface area contributed by atoms with Crippen molar-refractivity contribution in [2.75, 3.05) is 10.6 Å². The van der Waals surface area contributed by atoms with Crippen LogP contribution < -0.4 is 10.6 Å². The molecule has 0 unspecified atom stereocenters. The van der Waals surface area contributed by atoms with Crippen molar-refractivity contribution in [2.45, 2.75) is 20.8 Å². The number of hydrogen-bond donors (Lipinski definition) is 2. The lowest BCUT2D eigenvalue weighted by molar-refractivity contribution is 0.102. The van der Waals surface area contributed by atoms with Gasteiger partial charge in [0.1, 0.15) is 0 Å². The lowest BCUT2D eigenvalue weighted by Crippen LogP contribution is -2.15. The van der Waals surface area contributed by atoms with E-state index < -0.39 is 0 Å². The van der Waals surface area contributed by atoms with Gasteiger partial charge in [0.25, 0.3) is 5.91 Å². The third-order valence-corrected chi connectivity index (χ3v) is 4.49. The SMILES string of the molecule is Cc1nc(Nc2nc(C)c(C)s2)ncc1C(=O)Nc1ccccc1. The van der Waals surface area contributed by atoms with E-state index >= 15 is 0 Å². The number of aryl methyl sites for hydroxylation is 3. The van der Waals surface area contributed by atoms with Gasteiger partial charge in [0.15, 0.2) is 5.13 Å². The van der Waals surface area contributed by atoms with Crippen molar-refractivity contribution in [3.63, 3.8) is 0 Å². The fourth-order valence-corrected chi connectivity index (χ4v) is 2.90. The molecule has 1 amide bonds. The van der Waals surface area contributed by atoms with E-state index in [4.69, 9.17) is 0 Å². The molecule has 6 nitrogen and oxygen atoms in total. The van der Waals surface area contributed by atoms with E-state index in [1.54, 1.807) is 18.3 Å². The number of carbonyl (C=O) groups excluding carboxylic acids is 1. The molecule has 0 saturated carbocycles. The van der Waals surface area contributed by atoms with Gasteiger partial charge in [-0.25, -0.2) is 15.0 Å². The third kappa shape index (κ3) is 3.57. The van der Waals surface area contributed by atoms with Crippen molar-refractivity contribution in [1.29, 1.82) is 0 Å². The van der Waals surface area contributed by atoms with Crippen molar-refractivity contribution in [3.05, 3.63) is 58.4 Å². The highest BCUT2D eigenvalue weighted by atomic mass is 32.1. The predicted molar refractivity (Wildman–Crippen MR) is 96.0 cm³/mol. The molecule has 24 heavy (non-hydrogen) atoms. The number of aromatic nitrogens is 3. The van der Waals surface area contributed by atoms with Gasteiger partial charge in [0, 0.05) is 16.8 Å². The summed E-state index contributed by atoms with van der Waals surface area (Å²) in [5.74, 6) is 0.198. The lowest BCUT2D eigenvalue weighted by atomic mass is 10.2. The summed E-state index contributed by atoms with van der Waals surface area (Å²) < 4.78 is 0. The highest BCUT2D eigenvalue weighted by molar-refractivity contribution is 7.15. The predicted octanol–water partition coefficient (Wildman–Crippen LogP) is 3.85. The van der Waals surface area contributed by atoms with Crippen LogP contribution >= 0.6 is 11.3 Å². The van der Waals surface area contributed by atoms with E-state index in [0.29, 0.717) is 17.2 Å². The summed E-state index contributed by atoms with van der Waals surface area (Å²) in [6, 6.07) is 9.29. The molecule has 3 aromatic rings. The number of para-hydroxylation sites is 1. The number of amides is 1. The Bertz CT molecular complexity index is 856. The van der Waals surface area contributed by atoms with Crippen LogP contribution in [-0.4, -0.2) is 20.9 Å². The van der Waals surface area contributed by atoms with Gasteiger partial charge >= 0.3 is 0 Å². The minimum Gasteiger partial charge on any atom is -0.322 e. The Morgan fingerprint density at radius 3 is 2.42 bits per heavy atom. The number of nitrogens with zero attached hydrogens (tertiary/aromatic N) is 3. The number of thiazole rings is 1. The highest BCUT2D eigenvalue weighted by Gasteiger charge is 2.13. The van der Waals surface area contributed by atoms with E-state index in [1.165, 1.54) is 6.20 Å². The fourth-order valence-electron chi connectivity index (χ4n) is 2.09. The molecule has 0 fully saturated rings. The van der Waals surface area contributed by atoms with Gasteiger partial charge in [-0.2, -0.15) is 0 Å². The van der Waals surface area contributed by atoms with Crippen LogP contribution in [0.25, 0.3) is 0 Å². The second-order valence-corrected chi connectivity index (χ2v) is 6.50. The molecule has 2 N–H and O–H groups in total. The summed E-state index contributed by atoms with van der Waals surface area (Å²) in [6.07, 6.45) is 1.52. The first kappa shape index (κ1) is 16.1. The molecular formula is C17H17N5OS. The summed E-state index contributed by atoms with van der Waals surface area (Å²) in [7, 11) is 0. The molecule has 0 atom stereocenters. The molecular weight excluding hydrogens is 322 g/mol. The monoisotopic (exact) mass is 339 g/mol. The average Bonchev–Trinajstić information content (AvgIpc) is 2.86. The van der Waals surface area contributed by atoms with Crippen LogP contribution in [0.3, 0.4) is 0 Å². The van der Waals surface area contributed by atoms with Crippen molar-refractivity contribution < 1.29 is 4.79 Å². The first-order valence-corrected chi connectivity index (χ1v) is 8.25. The molecule has 0 saturated heterocycles. The van der Waals surface area contributed by atoms with Gasteiger partial charge in [0.2, 0.25) is 5.95 Å². The minimum absolute atomic E-state index is 0.230. The van der Waals surface area contributed by atoms with E-state index in [2.05, 4.69) is 25.6 Å². The van der Waals surface area contributed by atoms with Gasteiger partial charge in [-0.15, -0.1) is 11.3 Å². The number of anilines is 3. The Hall–Kier alpha value is -2.80. The summed E-state index contributed by atoms with van der Waals surface area (Å²) in [5.41, 5.74) is 2.76. The quantitative estimate of drug-likeness (QED) is 0.754. The molecule has 0 aliphatic heterocycles. The number of carbonyl (C=O) groups is 1. The van der Waals surface area contributed by atoms with Crippen LogP contribution in [0.15, 0.2) is 36.5 Å². The van der Waals surface area contributed by atoms with Crippen molar-refractivity contribution in [1.82, 2.24) is 15.0 Å². The summed E-state index contributed by atoms with van der Waals surface area (Å²) in [5, 5.41) is 6.65. The van der Waals surface area contributed by atoms with E-state index in [0.717, 1.165) is 21.4 Å². The molecule has 1 aromatic carbocycles. The summed E-state index contributed by atoms with van der Waals surface area (Å²) in [6.45, 7) is 5.76. The van der Waals surface area contributed by atoms with Crippen molar-refractivity contribution in [3.8, 4) is 0 Å². The second kappa shape index (κ2) is 6.76. The molecule has 0 radical (unpaired) electrons. The largest absolute Gasteiger partial charge is 0.322 e. The number of nitrogens with one attached hydrogen (secondary N) is 2. The normalized spacial score (nSPS) is 10.5. The Balaban J connectivity index is 1.75. The van der Waals surface area contributed by atoms with Crippen LogP contribution in [0.2, 0.25) is 0 Å².